The number of halogens is 1. The van der Waals surface area contributed by atoms with Crippen LogP contribution in [0, 0.1) is 13.8 Å². The number of aromatic nitrogens is 2. The molecular weight excluding hydrogens is 290 g/mol. The van der Waals surface area contributed by atoms with Crippen molar-refractivity contribution in [2.45, 2.75) is 13.8 Å². The van der Waals surface area contributed by atoms with E-state index in [9.17, 15) is 0 Å². The number of para-hydroxylation sites is 1. The van der Waals surface area contributed by atoms with Gasteiger partial charge in [-0.1, -0.05) is 29.8 Å². The predicted octanol–water partition coefficient (Wildman–Crippen LogP) is 4.45. The van der Waals surface area contributed by atoms with E-state index in [0.717, 1.165) is 32.4 Å². The van der Waals surface area contributed by atoms with Crippen molar-refractivity contribution in [1.82, 2.24) is 9.78 Å². The van der Waals surface area contributed by atoms with Crippen LogP contribution in [0.4, 0.5) is 5.82 Å². The number of rotatable bonds is 2. The van der Waals surface area contributed by atoms with Crippen LogP contribution < -0.4 is 5.73 Å². The average molecular weight is 304 g/mol. The summed E-state index contributed by atoms with van der Waals surface area (Å²) in [4.78, 5) is 0.975. The zero-order valence-corrected chi connectivity index (χ0v) is 12.8. The van der Waals surface area contributed by atoms with E-state index < -0.39 is 0 Å². The Balaban J connectivity index is 2.18. The van der Waals surface area contributed by atoms with E-state index in [1.54, 1.807) is 16.0 Å². The normalized spacial score (nSPS) is 10.9. The zero-order chi connectivity index (χ0) is 14.3. The molecular formula is C15H14ClN3S. The van der Waals surface area contributed by atoms with Gasteiger partial charge in [0.15, 0.2) is 0 Å². The molecule has 2 N–H and O–H groups in total. The number of aryl methyl sites for hydroxylation is 1. The molecule has 3 rings (SSSR count). The molecule has 0 aliphatic rings. The maximum Gasteiger partial charge on any atom is 0.130 e. The Hall–Kier alpha value is -1.78. The van der Waals surface area contributed by atoms with Gasteiger partial charge in [0.2, 0.25) is 0 Å². The lowest BCUT2D eigenvalue weighted by atomic mass is 10.2. The summed E-state index contributed by atoms with van der Waals surface area (Å²) >= 11 is 7.94. The van der Waals surface area contributed by atoms with Crippen LogP contribution in [0.5, 0.6) is 0 Å². The minimum Gasteiger partial charge on any atom is -0.383 e. The first-order valence-electron chi connectivity index (χ1n) is 6.24. The van der Waals surface area contributed by atoms with E-state index >= 15 is 0 Å². The van der Waals surface area contributed by atoms with Gasteiger partial charge in [-0.05, 0) is 36.9 Å². The Morgan fingerprint density at radius 1 is 1.20 bits per heavy atom. The van der Waals surface area contributed by atoms with Gasteiger partial charge in [0, 0.05) is 5.56 Å². The first-order valence-corrected chi connectivity index (χ1v) is 7.50. The van der Waals surface area contributed by atoms with Crippen molar-refractivity contribution in [2.24, 2.45) is 0 Å². The Morgan fingerprint density at radius 2 is 1.90 bits per heavy atom. The minimum absolute atomic E-state index is 0.647. The van der Waals surface area contributed by atoms with Gasteiger partial charge in [-0.15, -0.1) is 11.3 Å². The van der Waals surface area contributed by atoms with Crippen LogP contribution in [0.1, 0.15) is 11.1 Å². The van der Waals surface area contributed by atoms with Crippen LogP contribution in [0.15, 0.2) is 35.7 Å². The fraction of sp³-hybridized carbons (Fsp3) is 0.133. The third-order valence-corrected chi connectivity index (χ3v) is 4.99. The van der Waals surface area contributed by atoms with Gasteiger partial charge >= 0.3 is 0 Å². The fourth-order valence-corrected chi connectivity index (χ4v) is 3.41. The monoisotopic (exact) mass is 303 g/mol. The predicted molar refractivity (Wildman–Crippen MR) is 85.8 cm³/mol. The number of hydrogen-bond donors (Lipinski definition) is 1. The number of hydrogen-bond acceptors (Lipinski definition) is 3. The highest BCUT2D eigenvalue weighted by atomic mass is 35.5. The maximum absolute atomic E-state index is 6.34. The highest BCUT2D eigenvalue weighted by Gasteiger charge is 2.18. The molecule has 0 aliphatic carbocycles. The molecule has 0 aliphatic heterocycles. The summed E-state index contributed by atoms with van der Waals surface area (Å²) in [5, 5.41) is 7.44. The topological polar surface area (TPSA) is 43.8 Å². The van der Waals surface area contributed by atoms with Gasteiger partial charge in [-0.3, -0.25) is 0 Å². The molecule has 0 atom stereocenters. The van der Waals surface area contributed by atoms with Gasteiger partial charge in [0.05, 0.1) is 15.6 Å². The molecule has 3 aromatic rings. The van der Waals surface area contributed by atoms with Gasteiger partial charge < -0.3 is 5.73 Å². The van der Waals surface area contributed by atoms with E-state index in [4.69, 9.17) is 17.3 Å². The highest BCUT2D eigenvalue weighted by Crippen LogP contribution is 2.39. The van der Waals surface area contributed by atoms with Crippen LogP contribution in [0.3, 0.4) is 0 Å². The second-order valence-electron chi connectivity index (χ2n) is 4.67. The SMILES string of the molecule is Cc1csc(-c2nn(-c3ccccc3)c(N)c2C)c1Cl. The Morgan fingerprint density at radius 3 is 2.50 bits per heavy atom. The molecule has 0 fully saturated rings. The summed E-state index contributed by atoms with van der Waals surface area (Å²) in [6.07, 6.45) is 0. The Bertz CT molecular complexity index is 759. The lowest BCUT2D eigenvalue weighted by Gasteiger charge is -2.02. The van der Waals surface area contributed by atoms with Gasteiger partial charge in [-0.2, -0.15) is 5.10 Å². The van der Waals surface area contributed by atoms with Crippen molar-refractivity contribution in [3.63, 3.8) is 0 Å². The number of benzene rings is 1. The van der Waals surface area contributed by atoms with Crippen LogP contribution in [-0.2, 0) is 0 Å². The van der Waals surface area contributed by atoms with Gasteiger partial charge in [0.1, 0.15) is 11.5 Å². The molecule has 102 valence electrons. The summed E-state index contributed by atoms with van der Waals surface area (Å²) in [5.74, 6) is 0.647. The van der Waals surface area contributed by atoms with Crippen molar-refractivity contribution < 1.29 is 0 Å². The number of thiophene rings is 1. The minimum atomic E-state index is 0.647. The highest BCUT2D eigenvalue weighted by molar-refractivity contribution is 7.14. The van der Waals surface area contributed by atoms with E-state index in [1.165, 1.54) is 0 Å². The van der Waals surface area contributed by atoms with Crippen molar-refractivity contribution in [3.8, 4) is 16.3 Å². The number of nitrogens with zero attached hydrogens (tertiary/aromatic N) is 2. The van der Waals surface area contributed by atoms with E-state index in [-0.39, 0.29) is 0 Å². The van der Waals surface area contributed by atoms with Crippen LogP contribution in [-0.4, -0.2) is 9.78 Å². The van der Waals surface area contributed by atoms with Gasteiger partial charge in [0.25, 0.3) is 0 Å². The first kappa shape index (κ1) is 13.2. The summed E-state index contributed by atoms with van der Waals surface area (Å²) < 4.78 is 1.76. The van der Waals surface area contributed by atoms with Gasteiger partial charge in [-0.25, -0.2) is 4.68 Å². The molecule has 0 saturated carbocycles. The standard InChI is InChI=1S/C15H14ClN3S/c1-9-8-20-14(12(9)16)13-10(2)15(17)19(18-13)11-6-4-3-5-7-11/h3-8H,17H2,1-2H3. The van der Waals surface area contributed by atoms with Crippen LogP contribution in [0.25, 0.3) is 16.3 Å². The molecule has 2 aromatic heterocycles. The van der Waals surface area contributed by atoms with Crippen molar-refractivity contribution in [1.29, 1.82) is 0 Å². The molecule has 0 bridgehead atoms. The smallest absolute Gasteiger partial charge is 0.130 e. The second kappa shape index (κ2) is 4.96. The molecule has 0 saturated heterocycles. The quantitative estimate of drug-likeness (QED) is 0.760. The first-order chi connectivity index (χ1) is 9.59. The fourth-order valence-electron chi connectivity index (χ4n) is 2.08. The molecule has 0 amide bonds. The molecule has 0 radical (unpaired) electrons. The lowest BCUT2D eigenvalue weighted by molar-refractivity contribution is 0.896. The van der Waals surface area contributed by atoms with Crippen LogP contribution in [0.2, 0.25) is 5.02 Å². The van der Waals surface area contributed by atoms with E-state index in [0.29, 0.717) is 5.82 Å². The Kier molecular flexibility index (Phi) is 3.28. The number of nitrogen functional groups attached to an aromatic ring is 1. The number of anilines is 1. The summed E-state index contributed by atoms with van der Waals surface area (Å²) in [6, 6.07) is 9.86. The van der Waals surface area contributed by atoms with Crippen LogP contribution >= 0.6 is 22.9 Å². The van der Waals surface area contributed by atoms with E-state index in [1.807, 2.05) is 49.6 Å². The van der Waals surface area contributed by atoms with Crippen molar-refractivity contribution in [3.05, 3.63) is 51.9 Å². The summed E-state index contributed by atoms with van der Waals surface area (Å²) in [5.41, 5.74) is 10.0. The third kappa shape index (κ3) is 2.01. The summed E-state index contributed by atoms with van der Waals surface area (Å²) in [7, 11) is 0. The van der Waals surface area contributed by atoms with E-state index in [2.05, 4.69) is 5.10 Å². The molecule has 0 spiro atoms. The van der Waals surface area contributed by atoms with Crippen molar-refractivity contribution >= 4 is 28.8 Å². The Labute approximate surface area is 126 Å². The largest absolute Gasteiger partial charge is 0.383 e. The molecule has 20 heavy (non-hydrogen) atoms. The molecule has 5 heteroatoms. The molecule has 0 unspecified atom stereocenters. The zero-order valence-electron chi connectivity index (χ0n) is 11.2. The third-order valence-electron chi connectivity index (χ3n) is 3.28. The average Bonchev–Trinajstić information content (AvgIpc) is 2.94. The van der Waals surface area contributed by atoms with Crippen molar-refractivity contribution in [2.75, 3.05) is 5.73 Å². The maximum atomic E-state index is 6.34. The lowest BCUT2D eigenvalue weighted by Crippen LogP contribution is -2.01. The molecule has 1 aromatic carbocycles. The number of nitrogens with two attached hydrogens (primary N) is 1. The molecule has 3 nitrogen and oxygen atoms in total. The molecule has 2 heterocycles. The second-order valence-corrected chi connectivity index (χ2v) is 5.93. The summed E-state index contributed by atoms with van der Waals surface area (Å²) in [6.45, 7) is 3.97.